The zero-order chi connectivity index (χ0) is 14.3. The molecule has 0 spiro atoms. The van der Waals surface area contributed by atoms with Crippen molar-refractivity contribution >= 4 is 22.6 Å². The molecule has 2 heterocycles. The van der Waals surface area contributed by atoms with Crippen LogP contribution in [0.2, 0.25) is 0 Å². The maximum absolute atomic E-state index is 12.4. The minimum atomic E-state index is -0.398. The lowest BCUT2D eigenvalue weighted by Crippen LogP contribution is -2.27. The number of nitrogens with zero attached hydrogens (tertiary/aromatic N) is 1. The average molecular weight is 272 g/mol. The number of carbonyl (C=O) groups is 1. The summed E-state index contributed by atoms with van der Waals surface area (Å²) in [6.45, 7) is 0.869. The Bertz CT molecular complexity index is 762. The molecule has 0 amide bonds. The van der Waals surface area contributed by atoms with Crippen LogP contribution in [0.25, 0.3) is 10.9 Å². The zero-order valence-electron chi connectivity index (χ0n) is 11.5. The van der Waals surface area contributed by atoms with Crippen molar-refractivity contribution in [1.29, 1.82) is 0 Å². The highest BCUT2D eigenvalue weighted by atomic mass is 16.5. The number of hydrogen-bond acceptors (Lipinski definition) is 4. The first-order valence-electron chi connectivity index (χ1n) is 6.61. The first-order chi connectivity index (χ1) is 9.63. The highest BCUT2D eigenvalue weighted by Crippen LogP contribution is 2.29. The number of aromatic nitrogens is 1. The lowest BCUT2D eigenvalue weighted by Gasteiger charge is -2.21. The van der Waals surface area contributed by atoms with Gasteiger partial charge in [-0.15, -0.1) is 0 Å². The maximum Gasteiger partial charge on any atom is 0.337 e. The van der Waals surface area contributed by atoms with E-state index in [9.17, 15) is 9.59 Å². The number of fused-ring (bicyclic) bond motifs is 3. The zero-order valence-corrected chi connectivity index (χ0v) is 11.5. The molecule has 0 aliphatic carbocycles. The summed E-state index contributed by atoms with van der Waals surface area (Å²) in [7, 11) is 3.08. The number of hydrogen-bond donors (Lipinski definition) is 1. The average Bonchev–Trinajstić information content (AvgIpc) is 2.51. The molecule has 3 rings (SSSR count). The van der Waals surface area contributed by atoms with Gasteiger partial charge in [0.1, 0.15) is 0 Å². The van der Waals surface area contributed by atoms with E-state index in [4.69, 9.17) is 4.74 Å². The molecule has 1 aliphatic heterocycles. The molecule has 2 aromatic rings. The van der Waals surface area contributed by atoms with Gasteiger partial charge in [0, 0.05) is 24.5 Å². The van der Waals surface area contributed by atoms with Gasteiger partial charge in [-0.2, -0.15) is 0 Å². The van der Waals surface area contributed by atoms with E-state index in [2.05, 4.69) is 5.32 Å². The summed E-state index contributed by atoms with van der Waals surface area (Å²) in [6.07, 6.45) is 1.76. The van der Waals surface area contributed by atoms with Gasteiger partial charge < -0.3 is 14.6 Å². The summed E-state index contributed by atoms with van der Waals surface area (Å²) in [5.41, 5.74) is 2.93. The number of esters is 1. The standard InChI is InChI=1S/C15H16N2O3/c1-17-12-8-9(15(19)20-2)5-6-10(12)13-11(14(17)18)4-3-7-16-13/h5-6,8,16H,3-4,7H2,1-2H3. The molecule has 1 aromatic carbocycles. The van der Waals surface area contributed by atoms with Gasteiger partial charge in [-0.1, -0.05) is 0 Å². The van der Waals surface area contributed by atoms with Gasteiger partial charge >= 0.3 is 5.97 Å². The number of ether oxygens (including phenoxy) is 1. The summed E-state index contributed by atoms with van der Waals surface area (Å²) in [4.78, 5) is 24.0. The summed E-state index contributed by atoms with van der Waals surface area (Å²) < 4.78 is 6.33. The Morgan fingerprint density at radius 3 is 2.95 bits per heavy atom. The van der Waals surface area contributed by atoms with Crippen molar-refractivity contribution in [2.75, 3.05) is 19.0 Å². The van der Waals surface area contributed by atoms with Crippen LogP contribution in [0.5, 0.6) is 0 Å². The Kier molecular flexibility index (Phi) is 2.97. The van der Waals surface area contributed by atoms with Crippen LogP contribution in [0.3, 0.4) is 0 Å². The number of rotatable bonds is 1. The van der Waals surface area contributed by atoms with Crippen molar-refractivity contribution in [3.8, 4) is 0 Å². The first-order valence-corrected chi connectivity index (χ1v) is 6.61. The number of carbonyl (C=O) groups excluding carboxylic acids is 1. The van der Waals surface area contributed by atoms with Crippen molar-refractivity contribution in [3.63, 3.8) is 0 Å². The molecule has 5 heteroatoms. The Balaban J connectivity index is 2.34. The minimum absolute atomic E-state index is 0.00159. The molecule has 0 bridgehead atoms. The number of aryl methyl sites for hydroxylation is 1. The number of pyridine rings is 1. The van der Waals surface area contributed by atoms with Gasteiger partial charge in [-0.25, -0.2) is 4.79 Å². The highest BCUT2D eigenvalue weighted by Gasteiger charge is 2.19. The molecule has 1 N–H and O–H groups in total. The second-order valence-electron chi connectivity index (χ2n) is 4.97. The predicted molar refractivity (Wildman–Crippen MR) is 77.3 cm³/mol. The molecule has 5 nitrogen and oxygen atoms in total. The molecular weight excluding hydrogens is 256 g/mol. The molecule has 0 unspecified atom stereocenters. The molecule has 104 valence electrons. The van der Waals surface area contributed by atoms with Crippen LogP contribution in [0, 0.1) is 0 Å². The molecule has 0 saturated carbocycles. The Morgan fingerprint density at radius 2 is 2.20 bits per heavy atom. The van der Waals surface area contributed by atoms with Gasteiger partial charge in [0.25, 0.3) is 5.56 Å². The molecule has 0 saturated heterocycles. The van der Waals surface area contributed by atoms with E-state index >= 15 is 0 Å². The van der Waals surface area contributed by atoms with Gasteiger partial charge in [0.2, 0.25) is 0 Å². The third-order valence-electron chi connectivity index (χ3n) is 3.82. The summed E-state index contributed by atoms with van der Waals surface area (Å²) in [5, 5.41) is 4.27. The first kappa shape index (κ1) is 12.7. The molecule has 0 fully saturated rings. The topological polar surface area (TPSA) is 60.3 Å². The Hall–Kier alpha value is -2.30. The Morgan fingerprint density at radius 1 is 1.40 bits per heavy atom. The van der Waals surface area contributed by atoms with Crippen LogP contribution in [0.1, 0.15) is 22.3 Å². The number of methoxy groups -OCH3 is 1. The molecule has 1 aliphatic rings. The quantitative estimate of drug-likeness (QED) is 0.802. The van der Waals surface area contributed by atoms with E-state index in [-0.39, 0.29) is 5.56 Å². The SMILES string of the molecule is COC(=O)c1ccc2c3c(c(=O)n(C)c2c1)CCCN3. The normalized spacial score (nSPS) is 13.7. The van der Waals surface area contributed by atoms with Crippen LogP contribution in [0.4, 0.5) is 5.69 Å². The number of anilines is 1. The van der Waals surface area contributed by atoms with Crippen LogP contribution >= 0.6 is 0 Å². The molecule has 1 aromatic heterocycles. The van der Waals surface area contributed by atoms with Crippen molar-refractivity contribution in [3.05, 3.63) is 39.7 Å². The number of nitrogens with one attached hydrogen (secondary N) is 1. The van der Waals surface area contributed by atoms with E-state index in [1.165, 1.54) is 7.11 Å². The monoisotopic (exact) mass is 272 g/mol. The summed E-state index contributed by atoms with van der Waals surface area (Å²) in [5.74, 6) is -0.398. The van der Waals surface area contributed by atoms with E-state index in [1.54, 1.807) is 23.7 Å². The van der Waals surface area contributed by atoms with Gasteiger partial charge in [-0.3, -0.25) is 4.79 Å². The largest absolute Gasteiger partial charge is 0.465 e. The van der Waals surface area contributed by atoms with Gasteiger partial charge in [0.15, 0.2) is 0 Å². The fraction of sp³-hybridized carbons (Fsp3) is 0.333. The minimum Gasteiger partial charge on any atom is -0.465 e. The number of benzene rings is 1. The van der Waals surface area contributed by atoms with Gasteiger partial charge in [0.05, 0.1) is 23.9 Å². The molecular formula is C15H16N2O3. The van der Waals surface area contributed by atoms with Crippen LogP contribution in [-0.4, -0.2) is 24.2 Å². The third-order valence-corrected chi connectivity index (χ3v) is 3.82. The van der Waals surface area contributed by atoms with Crippen molar-refractivity contribution < 1.29 is 9.53 Å². The van der Waals surface area contributed by atoms with E-state index < -0.39 is 5.97 Å². The second kappa shape index (κ2) is 4.67. The van der Waals surface area contributed by atoms with Crippen LogP contribution in [-0.2, 0) is 18.2 Å². The van der Waals surface area contributed by atoms with Crippen molar-refractivity contribution in [2.24, 2.45) is 7.05 Å². The van der Waals surface area contributed by atoms with Crippen LogP contribution < -0.4 is 10.9 Å². The molecule has 0 atom stereocenters. The third kappa shape index (κ3) is 1.78. The predicted octanol–water partition coefficient (Wildman–Crippen LogP) is 1.68. The second-order valence-corrected chi connectivity index (χ2v) is 4.97. The Labute approximate surface area is 116 Å². The molecule has 20 heavy (non-hydrogen) atoms. The lowest BCUT2D eigenvalue weighted by atomic mass is 10.00. The fourth-order valence-corrected chi connectivity index (χ4v) is 2.76. The van der Waals surface area contributed by atoms with Crippen LogP contribution in [0.15, 0.2) is 23.0 Å². The van der Waals surface area contributed by atoms with Crippen molar-refractivity contribution in [1.82, 2.24) is 4.57 Å². The van der Waals surface area contributed by atoms with Gasteiger partial charge in [-0.05, 0) is 31.0 Å². The lowest BCUT2D eigenvalue weighted by molar-refractivity contribution is 0.0601. The highest BCUT2D eigenvalue weighted by molar-refractivity contribution is 5.99. The van der Waals surface area contributed by atoms with E-state index in [0.29, 0.717) is 5.56 Å². The smallest absolute Gasteiger partial charge is 0.337 e. The van der Waals surface area contributed by atoms with E-state index in [1.807, 2.05) is 6.07 Å². The van der Waals surface area contributed by atoms with E-state index in [0.717, 1.165) is 41.5 Å². The summed E-state index contributed by atoms with van der Waals surface area (Å²) in [6, 6.07) is 5.31. The molecule has 0 radical (unpaired) electrons. The van der Waals surface area contributed by atoms with Crippen molar-refractivity contribution in [2.45, 2.75) is 12.8 Å². The maximum atomic E-state index is 12.4. The fourth-order valence-electron chi connectivity index (χ4n) is 2.76. The summed E-state index contributed by atoms with van der Waals surface area (Å²) >= 11 is 0.